The largest absolute Gasteiger partial charge is 0.497 e. The third-order valence-electron chi connectivity index (χ3n) is 3.78. The molecule has 0 aliphatic carbocycles. The van der Waals surface area contributed by atoms with Gasteiger partial charge in [-0.3, -0.25) is 4.79 Å². The smallest absolute Gasteiger partial charge is 0.257 e. The fourth-order valence-corrected chi connectivity index (χ4v) is 3.20. The molecule has 0 aliphatic heterocycles. The highest BCUT2D eigenvalue weighted by atomic mass is 32.1. The molecule has 0 bridgehead atoms. The second kappa shape index (κ2) is 5.93. The Hall–Kier alpha value is -2.93. The summed E-state index contributed by atoms with van der Waals surface area (Å²) in [5.74, 6) is 0.544. The Balaban J connectivity index is 1.71. The van der Waals surface area contributed by atoms with E-state index >= 15 is 0 Å². The molecule has 4 rings (SSSR count). The van der Waals surface area contributed by atoms with Crippen LogP contribution in [-0.4, -0.2) is 27.6 Å². The average molecular weight is 338 g/mol. The zero-order valence-corrected chi connectivity index (χ0v) is 13.7. The van der Waals surface area contributed by atoms with E-state index in [0.29, 0.717) is 17.8 Å². The SMILES string of the molecule is COc1ccc2cnc3c(C(=O)NCc4cccs4)cnn3c2c1. The summed E-state index contributed by atoms with van der Waals surface area (Å²) in [5, 5.41) is 10.1. The molecule has 0 aliphatic rings. The summed E-state index contributed by atoms with van der Waals surface area (Å²) in [5.41, 5.74) is 1.83. The zero-order valence-electron chi connectivity index (χ0n) is 12.9. The number of benzene rings is 1. The lowest BCUT2D eigenvalue weighted by molar-refractivity contribution is 0.0952. The van der Waals surface area contributed by atoms with Crippen molar-refractivity contribution < 1.29 is 9.53 Å². The Morgan fingerprint density at radius 1 is 1.33 bits per heavy atom. The van der Waals surface area contributed by atoms with E-state index in [4.69, 9.17) is 4.74 Å². The van der Waals surface area contributed by atoms with E-state index < -0.39 is 0 Å². The van der Waals surface area contributed by atoms with E-state index in [1.165, 1.54) is 0 Å². The average Bonchev–Trinajstić information content (AvgIpc) is 3.28. The number of methoxy groups -OCH3 is 1. The minimum absolute atomic E-state index is 0.187. The number of nitrogens with zero attached hydrogens (tertiary/aromatic N) is 3. The van der Waals surface area contributed by atoms with Crippen LogP contribution in [0.25, 0.3) is 16.6 Å². The molecule has 3 heterocycles. The summed E-state index contributed by atoms with van der Waals surface area (Å²) in [4.78, 5) is 17.9. The van der Waals surface area contributed by atoms with Gasteiger partial charge in [-0.1, -0.05) is 6.07 Å². The van der Waals surface area contributed by atoms with Crippen LogP contribution in [0.3, 0.4) is 0 Å². The van der Waals surface area contributed by atoms with Gasteiger partial charge in [0.1, 0.15) is 11.3 Å². The molecular weight excluding hydrogens is 324 g/mol. The first-order valence-electron chi connectivity index (χ1n) is 7.37. The summed E-state index contributed by atoms with van der Waals surface area (Å²) in [6, 6.07) is 9.61. The van der Waals surface area contributed by atoms with Crippen LogP contribution in [0.1, 0.15) is 15.2 Å². The molecule has 0 fully saturated rings. The second-order valence-corrected chi connectivity index (χ2v) is 6.27. The Morgan fingerprint density at radius 2 is 2.25 bits per heavy atom. The molecule has 0 spiro atoms. The first kappa shape index (κ1) is 14.6. The van der Waals surface area contributed by atoms with Crippen molar-refractivity contribution >= 4 is 33.8 Å². The molecule has 0 saturated carbocycles. The standard InChI is InChI=1S/C17H14N4O2S/c1-23-12-5-4-11-8-18-16-14(10-20-21(16)15(11)7-12)17(22)19-9-13-3-2-6-24-13/h2-8,10H,9H2,1H3,(H,19,22). The van der Waals surface area contributed by atoms with Crippen LogP contribution >= 0.6 is 11.3 Å². The molecule has 1 N–H and O–H groups in total. The van der Waals surface area contributed by atoms with Crippen molar-refractivity contribution in [2.75, 3.05) is 7.11 Å². The Bertz CT molecular complexity index is 1020. The molecule has 24 heavy (non-hydrogen) atoms. The number of aromatic nitrogens is 3. The van der Waals surface area contributed by atoms with Gasteiger partial charge in [0.05, 0.1) is 25.4 Å². The van der Waals surface area contributed by atoms with Gasteiger partial charge < -0.3 is 10.1 Å². The van der Waals surface area contributed by atoms with Gasteiger partial charge in [0, 0.05) is 22.5 Å². The van der Waals surface area contributed by atoms with Crippen LogP contribution in [0.15, 0.2) is 48.1 Å². The second-order valence-electron chi connectivity index (χ2n) is 5.24. The molecule has 3 aromatic heterocycles. The van der Waals surface area contributed by atoms with Gasteiger partial charge >= 0.3 is 0 Å². The maximum atomic E-state index is 12.4. The van der Waals surface area contributed by atoms with E-state index in [1.54, 1.807) is 35.4 Å². The Morgan fingerprint density at radius 3 is 3.04 bits per heavy atom. The monoisotopic (exact) mass is 338 g/mol. The highest BCUT2D eigenvalue weighted by molar-refractivity contribution is 7.09. The molecule has 0 radical (unpaired) electrons. The zero-order chi connectivity index (χ0) is 16.5. The Labute approximate surface area is 141 Å². The highest BCUT2D eigenvalue weighted by Gasteiger charge is 2.15. The third-order valence-corrected chi connectivity index (χ3v) is 4.66. The van der Waals surface area contributed by atoms with Crippen LogP contribution in [0.5, 0.6) is 5.75 Å². The lowest BCUT2D eigenvalue weighted by atomic mass is 10.2. The maximum absolute atomic E-state index is 12.4. The van der Waals surface area contributed by atoms with Gasteiger partial charge in [0.2, 0.25) is 0 Å². The number of amides is 1. The van der Waals surface area contributed by atoms with Crippen molar-refractivity contribution in [3.05, 3.63) is 58.5 Å². The predicted molar refractivity (Wildman–Crippen MR) is 92.5 cm³/mol. The lowest BCUT2D eigenvalue weighted by Gasteiger charge is -2.05. The van der Waals surface area contributed by atoms with Crippen LogP contribution in [-0.2, 0) is 6.54 Å². The first-order chi connectivity index (χ1) is 11.8. The molecule has 120 valence electrons. The molecule has 1 amide bonds. The van der Waals surface area contributed by atoms with Crippen LogP contribution in [0.4, 0.5) is 0 Å². The van der Waals surface area contributed by atoms with E-state index in [2.05, 4.69) is 15.4 Å². The number of rotatable bonds is 4. The van der Waals surface area contributed by atoms with Gasteiger partial charge in [-0.15, -0.1) is 11.3 Å². The number of ether oxygens (including phenoxy) is 1. The van der Waals surface area contributed by atoms with Gasteiger partial charge in [-0.25, -0.2) is 9.50 Å². The van der Waals surface area contributed by atoms with Gasteiger partial charge in [-0.05, 0) is 23.6 Å². The number of hydrogen-bond acceptors (Lipinski definition) is 5. The summed E-state index contributed by atoms with van der Waals surface area (Å²) >= 11 is 1.61. The molecule has 0 saturated heterocycles. The number of fused-ring (bicyclic) bond motifs is 3. The van der Waals surface area contributed by atoms with E-state index in [1.807, 2.05) is 35.7 Å². The number of carbonyl (C=O) groups excluding carboxylic acids is 1. The summed E-state index contributed by atoms with van der Waals surface area (Å²) in [6.45, 7) is 0.495. The number of nitrogens with one attached hydrogen (secondary N) is 1. The van der Waals surface area contributed by atoms with Gasteiger partial charge in [0.25, 0.3) is 5.91 Å². The van der Waals surface area contributed by atoms with E-state index in [9.17, 15) is 4.79 Å². The molecular formula is C17H14N4O2S. The van der Waals surface area contributed by atoms with Crippen molar-refractivity contribution in [1.82, 2.24) is 19.9 Å². The van der Waals surface area contributed by atoms with Crippen molar-refractivity contribution in [2.24, 2.45) is 0 Å². The lowest BCUT2D eigenvalue weighted by Crippen LogP contribution is -2.22. The molecule has 0 atom stereocenters. The van der Waals surface area contributed by atoms with E-state index in [-0.39, 0.29) is 5.91 Å². The minimum atomic E-state index is -0.187. The molecule has 7 heteroatoms. The fourth-order valence-electron chi connectivity index (χ4n) is 2.55. The highest BCUT2D eigenvalue weighted by Crippen LogP contribution is 2.22. The fraction of sp³-hybridized carbons (Fsp3) is 0.118. The molecule has 4 aromatic rings. The number of hydrogen-bond donors (Lipinski definition) is 1. The molecule has 0 unspecified atom stereocenters. The number of thiophene rings is 1. The maximum Gasteiger partial charge on any atom is 0.257 e. The normalized spacial score (nSPS) is 11.0. The van der Waals surface area contributed by atoms with Crippen LogP contribution in [0.2, 0.25) is 0 Å². The minimum Gasteiger partial charge on any atom is -0.497 e. The summed E-state index contributed by atoms with van der Waals surface area (Å²) < 4.78 is 6.93. The topological polar surface area (TPSA) is 68.5 Å². The summed E-state index contributed by atoms with van der Waals surface area (Å²) in [6.07, 6.45) is 3.28. The molecule has 1 aromatic carbocycles. The van der Waals surface area contributed by atoms with Crippen molar-refractivity contribution in [3.8, 4) is 5.75 Å². The predicted octanol–water partition coefficient (Wildman–Crippen LogP) is 2.88. The van der Waals surface area contributed by atoms with Gasteiger partial charge in [-0.2, -0.15) is 5.10 Å². The summed E-state index contributed by atoms with van der Waals surface area (Å²) in [7, 11) is 1.62. The van der Waals surface area contributed by atoms with Crippen LogP contribution in [0, 0.1) is 0 Å². The van der Waals surface area contributed by atoms with Crippen molar-refractivity contribution in [3.63, 3.8) is 0 Å². The first-order valence-corrected chi connectivity index (χ1v) is 8.25. The number of carbonyl (C=O) groups is 1. The quantitative estimate of drug-likeness (QED) is 0.621. The van der Waals surface area contributed by atoms with E-state index in [0.717, 1.165) is 21.5 Å². The van der Waals surface area contributed by atoms with Crippen LogP contribution < -0.4 is 10.1 Å². The molecule has 6 nitrogen and oxygen atoms in total. The third kappa shape index (κ3) is 2.48. The Kier molecular flexibility index (Phi) is 3.62. The van der Waals surface area contributed by atoms with Crippen molar-refractivity contribution in [1.29, 1.82) is 0 Å². The van der Waals surface area contributed by atoms with Crippen molar-refractivity contribution in [2.45, 2.75) is 6.54 Å². The van der Waals surface area contributed by atoms with Gasteiger partial charge in [0.15, 0.2) is 5.65 Å².